The van der Waals surface area contributed by atoms with E-state index in [9.17, 15) is 4.79 Å². The standard InChI is InChI=1S/C16H15N3O/c1-12-7-8-13(5-4-9-17)11-14(12)16(20)19-15-6-2-3-10-18-15/h2-3,6-8,10-11H,9,17H2,1H3,(H,18,19,20). The zero-order valence-corrected chi connectivity index (χ0v) is 11.2. The largest absolute Gasteiger partial charge is 0.320 e. The van der Waals surface area contributed by atoms with Crippen molar-refractivity contribution in [1.29, 1.82) is 0 Å². The number of nitrogens with one attached hydrogen (secondary N) is 1. The van der Waals surface area contributed by atoms with Gasteiger partial charge in [-0.2, -0.15) is 0 Å². The quantitative estimate of drug-likeness (QED) is 0.815. The van der Waals surface area contributed by atoms with Crippen LogP contribution in [0.4, 0.5) is 5.82 Å². The number of anilines is 1. The Morgan fingerprint density at radius 3 is 2.90 bits per heavy atom. The van der Waals surface area contributed by atoms with Crippen LogP contribution in [-0.4, -0.2) is 17.4 Å². The van der Waals surface area contributed by atoms with Crippen LogP contribution in [0.3, 0.4) is 0 Å². The van der Waals surface area contributed by atoms with Crippen molar-refractivity contribution in [1.82, 2.24) is 4.98 Å². The van der Waals surface area contributed by atoms with Gasteiger partial charge in [0.2, 0.25) is 0 Å². The Labute approximate surface area is 118 Å². The Kier molecular flexibility index (Phi) is 4.48. The molecule has 0 radical (unpaired) electrons. The Morgan fingerprint density at radius 1 is 1.35 bits per heavy atom. The maximum Gasteiger partial charge on any atom is 0.257 e. The van der Waals surface area contributed by atoms with Crippen molar-refractivity contribution >= 4 is 11.7 Å². The zero-order valence-electron chi connectivity index (χ0n) is 11.2. The fourth-order valence-corrected chi connectivity index (χ4v) is 1.72. The number of carbonyl (C=O) groups is 1. The number of nitrogens with zero attached hydrogens (tertiary/aromatic N) is 1. The van der Waals surface area contributed by atoms with Crippen LogP contribution >= 0.6 is 0 Å². The molecule has 0 unspecified atom stereocenters. The van der Waals surface area contributed by atoms with Crippen molar-refractivity contribution in [3.05, 3.63) is 59.3 Å². The van der Waals surface area contributed by atoms with E-state index < -0.39 is 0 Å². The second kappa shape index (κ2) is 6.50. The van der Waals surface area contributed by atoms with E-state index in [1.165, 1.54) is 0 Å². The van der Waals surface area contributed by atoms with Gasteiger partial charge < -0.3 is 11.1 Å². The van der Waals surface area contributed by atoms with E-state index in [4.69, 9.17) is 5.73 Å². The van der Waals surface area contributed by atoms with E-state index in [1.54, 1.807) is 24.4 Å². The van der Waals surface area contributed by atoms with E-state index in [0.717, 1.165) is 11.1 Å². The zero-order chi connectivity index (χ0) is 14.4. The van der Waals surface area contributed by atoms with E-state index in [1.807, 2.05) is 25.1 Å². The van der Waals surface area contributed by atoms with Crippen molar-refractivity contribution in [3.8, 4) is 11.8 Å². The fraction of sp³-hybridized carbons (Fsp3) is 0.125. The van der Waals surface area contributed by atoms with Gasteiger partial charge in [-0.3, -0.25) is 4.79 Å². The number of carbonyl (C=O) groups excluding carboxylic acids is 1. The van der Waals surface area contributed by atoms with Gasteiger partial charge in [0.05, 0.1) is 6.54 Å². The summed E-state index contributed by atoms with van der Waals surface area (Å²) in [5, 5.41) is 2.76. The lowest BCUT2D eigenvalue weighted by Crippen LogP contribution is -2.14. The molecular weight excluding hydrogens is 250 g/mol. The van der Waals surface area contributed by atoms with Crippen LogP contribution in [0.5, 0.6) is 0 Å². The summed E-state index contributed by atoms with van der Waals surface area (Å²) < 4.78 is 0. The summed E-state index contributed by atoms with van der Waals surface area (Å²) in [6.07, 6.45) is 1.63. The molecule has 20 heavy (non-hydrogen) atoms. The Balaban J connectivity index is 2.25. The molecule has 1 aromatic heterocycles. The highest BCUT2D eigenvalue weighted by Crippen LogP contribution is 2.13. The van der Waals surface area contributed by atoms with E-state index in [0.29, 0.717) is 17.9 Å². The second-order valence-corrected chi connectivity index (χ2v) is 4.20. The van der Waals surface area contributed by atoms with E-state index in [2.05, 4.69) is 22.1 Å². The first kappa shape index (κ1) is 13.8. The molecule has 0 fully saturated rings. The van der Waals surface area contributed by atoms with Gasteiger partial charge in [-0.1, -0.05) is 24.0 Å². The second-order valence-electron chi connectivity index (χ2n) is 4.20. The highest BCUT2D eigenvalue weighted by Gasteiger charge is 2.10. The summed E-state index contributed by atoms with van der Waals surface area (Å²) in [6.45, 7) is 2.18. The van der Waals surface area contributed by atoms with Gasteiger partial charge in [0.1, 0.15) is 5.82 Å². The fourth-order valence-electron chi connectivity index (χ4n) is 1.72. The van der Waals surface area contributed by atoms with Crippen LogP contribution in [0.2, 0.25) is 0 Å². The van der Waals surface area contributed by atoms with Gasteiger partial charge in [-0.25, -0.2) is 4.98 Å². The van der Waals surface area contributed by atoms with Crippen LogP contribution in [0, 0.1) is 18.8 Å². The SMILES string of the molecule is Cc1ccc(C#CCN)cc1C(=O)Nc1ccccn1. The maximum absolute atomic E-state index is 12.2. The Hall–Kier alpha value is -2.64. The molecular formula is C16H15N3O. The minimum atomic E-state index is -0.197. The molecule has 1 amide bonds. The number of amides is 1. The lowest BCUT2D eigenvalue weighted by molar-refractivity contribution is 0.102. The monoisotopic (exact) mass is 265 g/mol. The third-order valence-corrected chi connectivity index (χ3v) is 2.72. The highest BCUT2D eigenvalue weighted by molar-refractivity contribution is 6.05. The predicted octanol–water partition coefficient (Wildman–Crippen LogP) is 1.95. The third kappa shape index (κ3) is 3.44. The van der Waals surface area contributed by atoms with Gasteiger partial charge >= 0.3 is 0 Å². The third-order valence-electron chi connectivity index (χ3n) is 2.72. The van der Waals surface area contributed by atoms with Crippen molar-refractivity contribution in [2.75, 3.05) is 11.9 Å². The average molecular weight is 265 g/mol. The van der Waals surface area contributed by atoms with Gasteiger partial charge in [0, 0.05) is 17.3 Å². The molecule has 4 heteroatoms. The van der Waals surface area contributed by atoms with Gasteiger partial charge in [0.15, 0.2) is 0 Å². The number of nitrogens with two attached hydrogens (primary N) is 1. The normalized spacial score (nSPS) is 9.50. The first-order valence-corrected chi connectivity index (χ1v) is 6.22. The van der Waals surface area contributed by atoms with Crippen molar-refractivity contribution < 1.29 is 4.79 Å². The van der Waals surface area contributed by atoms with Crippen molar-refractivity contribution in [2.45, 2.75) is 6.92 Å². The molecule has 0 saturated carbocycles. The number of rotatable bonds is 2. The summed E-state index contributed by atoms with van der Waals surface area (Å²) in [5.41, 5.74) is 7.58. The molecule has 0 spiro atoms. The molecule has 0 aliphatic rings. The van der Waals surface area contributed by atoms with Gasteiger partial charge in [0.25, 0.3) is 5.91 Å². The highest BCUT2D eigenvalue weighted by atomic mass is 16.1. The van der Waals surface area contributed by atoms with Crippen molar-refractivity contribution in [2.24, 2.45) is 5.73 Å². The molecule has 0 atom stereocenters. The van der Waals surface area contributed by atoms with Crippen molar-refractivity contribution in [3.63, 3.8) is 0 Å². The van der Waals surface area contributed by atoms with Crippen LogP contribution in [-0.2, 0) is 0 Å². The smallest absolute Gasteiger partial charge is 0.257 e. The number of hydrogen-bond donors (Lipinski definition) is 2. The van der Waals surface area contributed by atoms with E-state index >= 15 is 0 Å². The summed E-state index contributed by atoms with van der Waals surface area (Å²) in [7, 11) is 0. The maximum atomic E-state index is 12.2. The molecule has 4 nitrogen and oxygen atoms in total. The molecule has 1 aromatic carbocycles. The lowest BCUT2D eigenvalue weighted by Gasteiger charge is -2.07. The molecule has 100 valence electrons. The minimum Gasteiger partial charge on any atom is -0.320 e. The molecule has 2 aromatic rings. The molecule has 3 N–H and O–H groups in total. The number of aryl methyl sites for hydroxylation is 1. The summed E-state index contributed by atoms with van der Waals surface area (Å²) in [6, 6.07) is 10.9. The first-order chi connectivity index (χ1) is 9.70. The minimum absolute atomic E-state index is 0.197. The molecule has 0 aliphatic carbocycles. The van der Waals surface area contributed by atoms with Crippen LogP contribution in [0.25, 0.3) is 0 Å². The van der Waals surface area contributed by atoms with Gasteiger partial charge in [-0.05, 0) is 36.8 Å². The molecule has 0 saturated heterocycles. The van der Waals surface area contributed by atoms with E-state index in [-0.39, 0.29) is 5.91 Å². The molecule has 0 aliphatic heterocycles. The number of pyridine rings is 1. The first-order valence-electron chi connectivity index (χ1n) is 6.22. The summed E-state index contributed by atoms with van der Waals surface area (Å²) >= 11 is 0. The number of hydrogen-bond acceptors (Lipinski definition) is 3. The molecule has 2 rings (SSSR count). The molecule has 0 bridgehead atoms. The van der Waals surface area contributed by atoms with Crippen LogP contribution in [0.1, 0.15) is 21.5 Å². The van der Waals surface area contributed by atoms with Gasteiger partial charge in [-0.15, -0.1) is 0 Å². The lowest BCUT2D eigenvalue weighted by atomic mass is 10.0. The topological polar surface area (TPSA) is 68.0 Å². The molecule has 1 heterocycles. The summed E-state index contributed by atoms with van der Waals surface area (Å²) in [5.74, 6) is 6.02. The Morgan fingerprint density at radius 2 is 2.20 bits per heavy atom. The Bertz CT molecular complexity index is 669. The predicted molar refractivity (Wildman–Crippen MR) is 79.3 cm³/mol. The summed E-state index contributed by atoms with van der Waals surface area (Å²) in [4.78, 5) is 16.3. The number of aromatic nitrogens is 1. The average Bonchev–Trinajstić information content (AvgIpc) is 2.47. The van der Waals surface area contributed by atoms with Crippen LogP contribution in [0.15, 0.2) is 42.6 Å². The van der Waals surface area contributed by atoms with Crippen LogP contribution < -0.4 is 11.1 Å². The number of benzene rings is 1.